The summed E-state index contributed by atoms with van der Waals surface area (Å²) in [7, 11) is 0. The molecule has 2 heterocycles. The van der Waals surface area contributed by atoms with Crippen LogP contribution in [0.1, 0.15) is 23.4 Å². The Kier molecular flexibility index (Phi) is 2.36. The van der Waals surface area contributed by atoms with Crippen molar-refractivity contribution in [3.63, 3.8) is 0 Å². The molecule has 0 atom stereocenters. The van der Waals surface area contributed by atoms with Crippen LogP contribution in [-0.4, -0.2) is 19.7 Å². The van der Waals surface area contributed by atoms with E-state index < -0.39 is 6.43 Å². The SMILES string of the molecule is Cc1c(CO)ccn2c(C(F)F)nnc12. The molecule has 0 spiro atoms. The van der Waals surface area contributed by atoms with Gasteiger partial charge in [-0.1, -0.05) is 0 Å². The number of rotatable bonds is 2. The molecule has 0 aliphatic heterocycles. The fourth-order valence-corrected chi connectivity index (χ4v) is 1.46. The third-order valence-electron chi connectivity index (χ3n) is 2.33. The third-order valence-corrected chi connectivity index (χ3v) is 2.33. The fraction of sp³-hybridized carbons (Fsp3) is 0.333. The Morgan fingerprint density at radius 3 is 2.80 bits per heavy atom. The zero-order chi connectivity index (χ0) is 11.0. The maximum absolute atomic E-state index is 12.5. The predicted octanol–water partition coefficient (Wildman–Crippen LogP) is 1.47. The van der Waals surface area contributed by atoms with E-state index in [0.29, 0.717) is 16.8 Å². The average Bonchev–Trinajstić information content (AvgIpc) is 2.62. The molecule has 80 valence electrons. The van der Waals surface area contributed by atoms with Crippen LogP contribution >= 0.6 is 0 Å². The smallest absolute Gasteiger partial charge is 0.297 e. The summed E-state index contributed by atoms with van der Waals surface area (Å²) < 4.78 is 26.2. The molecule has 1 N–H and O–H groups in total. The van der Waals surface area contributed by atoms with Gasteiger partial charge in [-0.05, 0) is 24.1 Å². The molecule has 0 unspecified atom stereocenters. The van der Waals surface area contributed by atoms with E-state index in [1.165, 1.54) is 10.6 Å². The van der Waals surface area contributed by atoms with E-state index >= 15 is 0 Å². The van der Waals surface area contributed by atoms with Gasteiger partial charge in [-0.3, -0.25) is 4.40 Å². The number of aryl methyl sites for hydroxylation is 1. The van der Waals surface area contributed by atoms with Crippen LogP contribution in [0.15, 0.2) is 12.3 Å². The van der Waals surface area contributed by atoms with Gasteiger partial charge in [0.1, 0.15) is 0 Å². The first kappa shape index (κ1) is 9.97. The van der Waals surface area contributed by atoms with Crippen LogP contribution in [0, 0.1) is 6.92 Å². The molecule has 6 heteroatoms. The zero-order valence-corrected chi connectivity index (χ0v) is 7.98. The van der Waals surface area contributed by atoms with Gasteiger partial charge in [-0.25, -0.2) is 8.78 Å². The minimum Gasteiger partial charge on any atom is -0.392 e. The molecule has 2 rings (SSSR count). The molecule has 0 aromatic carbocycles. The van der Waals surface area contributed by atoms with Gasteiger partial charge in [0.25, 0.3) is 6.43 Å². The fourth-order valence-electron chi connectivity index (χ4n) is 1.46. The molecule has 0 saturated carbocycles. The zero-order valence-electron chi connectivity index (χ0n) is 7.98. The Balaban J connectivity index is 2.70. The predicted molar refractivity (Wildman–Crippen MR) is 48.6 cm³/mol. The molecule has 4 nitrogen and oxygen atoms in total. The van der Waals surface area contributed by atoms with E-state index in [2.05, 4.69) is 10.2 Å². The average molecular weight is 213 g/mol. The summed E-state index contributed by atoms with van der Waals surface area (Å²) in [6.45, 7) is 1.57. The Hall–Kier alpha value is -1.56. The van der Waals surface area contributed by atoms with Gasteiger partial charge in [0.05, 0.1) is 6.61 Å². The van der Waals surface area contributed by atoms with Crippen LogP contribution in [0.25, 0.3) is 5.65 Å². The lowest BCUT2D eigenvalue weighted by atomic mass is 10.1. The Bertz CT molecular complexity index is 495. The number of halogens is 2. The summed E-state index contributed by atoms with van der Waals surface area (Å²) >= 11 is 0. The Morgan fingerprint density at radius 1 is 1.47 bits per heavy atom. The summed E-state index contributed by atoms with van der Waals surface area (Å²) in [5.74, 6) is -0.377. The van der Waals surface area contributed by atoms with Gasteiger partial charge < -0.3 is 5.11 Å². The van der Waals surface area contributed by atoms with Crippen molar-refractivity contribution in [2.75, 3.05) is 0 Å². The molecule has 0 saturated heterocycles. The van der Waals surface area contributed by atoms with E-state index in [9.17, 15) is 8.78 Å². The molecule has 0 aliphatic carbocycles. The van der Waals surface area contributed by atoms with Crippen molar-refractivity contribution in [2.45, 2.75) is 20.0 Å². The van der Waals surface area contributed by atoms with Gasteiger partial charge in [0.15, 0.2) is 5.65 Å². The number of fused-ring (bicyclic) bond motifs is 1. The monoisotopic (exact) mass is 213 g/mol. The lowest BCUT2D eigenvalue weighted by Gasteiger charge is -2.04. The lowest BCUT2D eigenvalue weighted by molar-refractivity contribution is 0.139. The molecule has 0 radical (unpaired) electrons. The standard InChI is InChI=1S/C9H9F2N3O/c1-5-6(4-15)2-3-14-8(5)12-13-9(14)7(10)11/h2-3,7,15H,4H2,1H3. The van der Waals surface area contributed by atoms with Gasteiger partial charge in [0.2, 0.25) is 5.82 Å². The molecule has 2 aromatic heterocycles. The first-order valence-electron chi connectivity index (χ1n) is 4.37. The number of aliphatic hydroxyl groups is 1. The van der Waals surface area contributed by atoms with E-state index in [1.54, 1.807) is 13.0 Å². The number of aliphatic hydroxyl groups excluding tert-OH is 1. The van der Waals surface area contributed by atoms with E-state index in [0.717, 1.165) is 0 Å². The van der Waals surface area contributed by atoms with Gasteiger partial charge in [-0.15, -0.1) is 10.2 Å². The minimum absolute atomic E-state index is 0.140. The van der Waals surface area contributed by atoms with Crippen molar-refractivity contribution in [3.05, 3.63) is 29.2 Å². The number of aromatic nitrogens is 3. The van der Waals surface area contributed by atoms with E-state index in [4.69, 9.17) is 5.11 Å². The van der Waals surface area contributed by atoms with Crippen LogP contribution in [0.3, 0.4) is 0 Å². The summed E-state index contributed by atoms with van der Waals surface area (Å²) in [6, 6.07) is 1.58. The maximum atomic E-state index is 12.5. The molecule has 0 aliphatic rings. The second-order valence-corrected chi connectivity index (χ2v) is 3.18. The first-order chi connectivity index (χ1) is 7.15. The van der Waals surface area contributed by atoms with Crippen molar-refractivity contribution >= 4 is 5.65 Å². The summed E-state index contributed by atoms with van der Waals surface area (Å²) in [4.78, 5) is 0. The normalized spacial score (nSPS) is 11.5. The molecule has 0 bridgehead atoms. The second kappa shape index (κ2) is 3.54. The number of alkyl halides is 2. The van der Waals surface area contributed by atoms with Crippen LogP contribution in [0.4, 0.5) is 8.78 Å². The van der Waals surface area contributed by atoms with Crippen molar-refractivity contribution < 1.29 is 13.9 Å². The number of hydrogen-bond acceptors (Lipinski definition) is 3. The quantitative estimate of drug-likeness (QED) is 0.821. The number of hydrogen-bond donors (Lipinski definition) is 1. The van der Waals surface area contributed by atoms with Crippen LogP contribution in [0.5, 0.6) is 0 Å². The van der Waals surface area contributed by atoms with Gasteiger partial charge >= 0.3 is 0 Å². The van der Waals surface area contributed by atoms with Crippen molar-refractivity contribution in [3.8, 4) is 0 Å². The Morgan fingerprint density at radius 2 is 2.20 bits per heavy atom. The topological polar surface area (TPSA) is 50.4 Å². The van der Waals surface area contributed by atoms with Crippen LogP contribution < -0.4 is 0 Å². The molecular weight excluding hydrogens is 204 g/mol. The van der Waals surface area contributed by atoms with E-state index in [-0.39, 0.29) is 12.4 Å². The van der Waals surface area contributed by atoms with Crippen LogP contribution in [-0.2, 0) is 6.61 Å². The highest BCUT2D eigenvalue weighted by Gasteiger charge is 2.17. The molecule has 0 amide bonds. The molecule has 0 fully saturated rings. The third kappa shape index (κ3) is 1.46. The summed E-state index contributed by atoms with van der Waals surface area (Å²) in [5.41, 5.74) is 1.69. The van der Waals surface area contributed by atoms with Crippen molar-refractivity contribution in [1.82, 2.24) is 14.6 Å². The van der Waals surface area contributed by atoms with Crippen molar-refractivity contribution in [1.29, 1.82) is 0 Å². The number of pyridine rings is 1. The van der Waals surface area contributed by atoms with Gasteiger partial charge in [0, 0.05) is 6.20 Å². The largest absolute Gasteiger partial charge is 0.392 e. The Labute approximate surface area is 84.2 Å². The highest BCUT2D eigenvalue weighted by molar-refractivity contribution is 5.50. The maximum Gasteiger partial charge on any atom is 0.297 e. The molecule has 2 aromatic rings. The minimum atomic E-state index is -2.65. The lowest BCUT2D eigenvalue weighted by Crippen LogP contribution is -1.98. The summed E-state index contributed by atoms with van der Waals surface area (Å²) in [6.07, 6.45) is -1.21. The first-order valence-corrected chi connectivity index (χ1v) is 4.37. The van der Waals surface area contributed by atoms with E-state index in [1.807, 2.05) is 0 Å². The number of nitrogens with zero attached hydrogens (tertiary/aromatic N) is 3. The second-order valence-electron chi connectivity index (χ2n) is 3.18. The highest BCUT2D eigenvalue weighted by Crippen LogP contribution is 2.20. The molecule has 15 heavy (non-hydrogen) atoms. The molecular formula is C9H9F2N3O. The van der Waals surface area contributed by atoms with Crippen molar-refractivity contribution in [2.24, 2.45) is 0 Å². The van der Waals surface area contributed by atoms with Gasteiger partial charge in [-0.2, -0.15) is 0 Å². The highest BCUT2D eigenvalue weighted by atomic mass is 19.3. The van der Waals surface area contributed by atoms with Crippen LogP contribution in [0.2, 0.25) is 0 Å². The summed E-state index contributed by atoms with van der Waals surface area (Å²) in [5, 5.41) is 16.1.